The van der Waals surface area contributed by atoms with Gasteiger partial charge in [0, 0.05) is 37.4 Å². The molecule has 3 aromatic rings. The topological polar surface area (TPSA) is 85.6 Å². The second-order valence-electron chi connectivity index (χ2n) is 7.80. The van der Waals surface area contributed by atoms with Gasteiger partial charge in [0.15, 0.2) is 23.1 Å². The Morgan fingerprint density at radius 2 is 1.61 bits per heavy atom. The first kappa shape index (κ1) is 19.3. The van der Waals surface area contributed by atoms with E-state index in [1.807, 2.05) is 35.6 Å². The van der Waals surface area contributed by atoms with Crippen molar-refractivity contribution in [2.45, 2.75) is 20.8 Å². The van der Waals surface area contributed by atoms with Crippen molar-refractivity contribution < 1.29 is 14.3 Å². The molecule has 2 aliphatic rings. The van der Waals surface area contributed by atoms with E-state index in [9.17, 15) is 4.79 Å². The molecule has 4 heterocycles. The summed E-state index contributed by atoms with van der Waals surface area (Å²) in [5, 5.41) is 13.3. The maximum absolute atomic E-state index is 12.9. The highest BCUT2D eigenvalue weighted by Gasteiger charge is 2.25. The first-order chi connectivity index (χ1) is 15.0. The minimum Gasteiger partial charge on any atom is -0.454 e. The maximum Gasteiger partial charge on any atom is 0.254 e. The first-order valence-electron chi connectivity index (χ1n) is 10.3. The van der Waals surface area contributed by atoms with Crippen LogP contribution in [0.4, 0.5) is 5.82 Å². The Hall–Kier alpha value is -3.62. The van der Waals surface area contributed by atoms with Crippen molar-refractivity contribution in [2.24, 2.45) is 0 Å². The number of nitrogens with zero attached hydrogens (tertiary/aromatic N) is 6. The zero-order chi connectivity index (χ0) is 21.5. The van der Waals surface area contributed by atoms with Crippen molar-refractivity contribution in [3.05, 3.63) is 52.8 Å². The van der Waals surface area contributed by atoms with Gasteiger partial charge >= 0.3 is 0 Å². The van der Waals surface area contributed by atoms with Gasteiger partial charge in [-0.2, -0.15) is 5.10 Å². The molecule has 1 amide bonds. The van der Waals surface area contributed by atoms with E-state index in [-0.39, 0.29) is 12.7 Å². The monoisotopic (exact) mass is 420 g/mol. The summed E-state index contributed by atoms with van der Waals surface area (Å²) < 4.78 is 12.5. The Balaban J connectivity index is 1.24. The molecule has 2 aliphatic heterocycles. The largest absolute Gasteiger partial charge is 0.454 e. The van der Waals surface area contributed by atoms with Crippen LogP contribution in [0.2, 0.25) is 0 Å². The molecule has 0 radical (unpaired) electrons. The summed E-state index contributed by atoms with van der Waals surface area (Å²) in [6.45, 7) is 8.91. The fourth-order valence-corrected chi connectivity index (χ4v) is 3.89. The van der Waals surface area contributed by atoms with Crippen LogP contribution in [0.15, 0.2) is 30.3 Å². The summed E-state index contributed by atoms with van der Waals surface area (Å²) >= 11 is 0. The molecule has 0 aliphatic carbocycles. The van der Waals surface area contributed by atoms with Crippen LogP contribution in [-0.4, -0.2) is 63.8 Å². The van der Waals surface area contributed by atoms with E-state index < -0.39 is 0 Å². The second-order valence-corrected chi connectivity index (χ2v) is 7.80. The lowest BCUT2D eigenvalue weighted by Crippen LogP contribution is -2.49. The molecule has 0 bridgehead atoms. The van der Waals surface area contributed by atoms with Gasteiger partial charge in [-0.3, -0.25) is 4.79 Å². The molecule has 0 saturated carbocycles. The number of benzene rings is 1. The maximum atomic E-state index is 12.9. The Kier molecular flexibility index (Phi) is 4.72. The zero-order valence-corrected chi connectivity index (χ0v) is 17.8. The Bertz CT molecular complexity index is 1130. The Morgan fingerprint density at radius 1 is 0.903 bits per heavy atom. The number of carbonyl (C=O) groups excluding carboxylic acids is 1. The van der Waals surface area contributed by atoms with E-state index >= 15 is 0 Å². The normalized spacial score (nSPS) is 15.5. The predicted molar refractivity (Wildman–Crippen MR) is 114 cm³/mol. The van der Waals surface area contributed by atoms with Gasteiger partial charge in [0.1, 0.15) is 0 Å². The smallest absolute Gasteiger partial charge is 0.254 e. The SMILES string of the molecule is Cc1nn(-c2ccc(N3CCN(C(=O)c4ccc5c(c4)OCO5)CC3)nn2)c(C)c1C. The molecule has 0 spiro atoms. The number of aromatic nitrogens is 4. The quantitative estimate of drug-likeness (QED) is 0.643. The van der Waals surface area contributed by atoms with Crippen LogP contribution in [0, 0.1) is 20.8 Å². The number of ether oxygens (including phenoxy) is 2. The highest BCUT2D eigenvalue weighted by Crippen LogP contribution is 2.33. The van der Waals surface area contributed by atoms with Gasteiger partial charge in [0.05, 0.1) is 5.69 Å². The first-order valence-corrected chi connectivity index (χ1v) is 10.3. The molecule has 1 fully saturated rings. The van der Waals surface area contributed by atoms with Crippen LogP contribution in [0.3, 0.4) is 0 Å². The Morgan fingerprint density at radius 3 is 2.29 bits per heavy atom. The molecule has 5 rings (SSSR count). The van der Waals surface area contributed by atoms with Gasteiger partial charge in [-0.05, 0) is 56.7 Å². The Labute approximate surface area is 180 Å². The van der Waals surface area contributed by atoms with Crippen LogP contribution in [-0.2, 0) is 0 Å². The third-order valence-electron chi connectivity index (χ3n) is 6.02. The summed E-state index contributed by atoms with van der Waals surface area (Å²) in [6.07, 6.45) is 0. The molecular weight excluding hydrogens is 396 g/mol. The summed E-state index contributed by atoms with van der Waals surface area (Å²) in [5.74, 6) is 2.81. The van der Waals surface area contributed by atoms with Gasteiger partial charge in [0.25, 0.3) is 5.91 Å². The number of anilines is 1. The highest BCUT2D eigenvalue weighted by molar-refractivity contribution is 5.95. The van der Waals surface area contributed by atoms with Crippen LogP contribution in [0.25, 0.3) is 5.82 Å². The van der Waals surface area contributed by atoms with Crippen molar-refractivity contribution >= 4 is 11.7 Å². The van der Waals surface area contributed by atoms with Gasteiger partial charge in [-0.25, -0.2) is 4.68 Å². The van der Waals surface area contributed by atoms with Crippen LogP contribution in [0.5, 0.6) is 11.5 Å². The number of hydrogen-bond donors (Lipinski definition) is 0. The van der Waals surface area contributed by atoms with Crippen molar-refractivity contribution in [1.82, 2.24) is 24.9 Å². The van der Waals surface area contributed by atoms with Crippen molar-refractivity contribution in [3.8, 4) is 17.3 Å². The standard InChI is InChI=1S/C22H24N6O3/c1-14-15(2)25-28(16(14)3)21-7-6-20(23-24-21)26-8-10-27(11-9-26)22(29)17-4-5-18-19(12-17)31-13-30-18/h4-7,12H,8-11,13H2,1-3H3. The molecular formula is C22H24N6O3. The van der Waals surface area contributed by atoms with E-state index in [0.29, 0.717) is 49.1 Å². The lowest BCUT2D eigenvalue weighted by Gasteiger charge is -2.35. The van der Waals surface area contributed by atoms with E-state index in [4.69, 9.17) is 9.47 Å². The van der Waals surface area contributed by atoms with E-state index in [0.717, 1.165) is 22.8 Å². The molecule has 31 heavy (non-hydrogen) atoms. The van der Waals surface area contributed by atoms with E-state index in [1.165, 1.54) is 0 Å². The number of hydrogen-bond acceptors (Lipinski definition) is 7. The minimum absolute atomic E-state index is 0.000667. The predicted octanol–water partition coefficient (Wildman–Crippen LogP) is 2.28. The minimum atomic E-state index is -0.000667. The lowest BCUT2D eigenvalue weighted by atomic mass is 10.1. The highest BCUT2D eigenvalue weighted by atomic mass is 16.7. The van der Waals surface area contributed by atoms with Crippen molar-refractivity contribution in [1.29, 1.82) is 0 Å². The number of fused-ring (bicyclic) bond motifs is 1. The van der Waals surface area contributed by atoms with Crippen LogP contribution in [0.1, 0.15) is 27.3 Å². The van der Waals surface area contributed by atoms with Crippen LogP contribution >= 0.6 is 0 Å². The van der Waals surface area contributed by atoms with Gasteiger partial charge in [-0.1, -0.05) is 0 Å². The van der Waals surface area contributed by atoms with Crippen LogP contribution < -0.4 is 14.4 Å². The van der Waals surface area contributed by atoms with E-state index in [1.54, 1.807) is 18.2 Å². The lowest BCUT2D eigenvalue weighted by molar-refractivity contribution is 0.0746. The van der Waals surface area contributed by atoms with Gasteiger partial charge in [-0.15, -0.1) is 10.2 Å². The molecule has 0 unspecified atom stereocenters. The number of piperazine rings is 1. The summed E-state index contributed by atoms with van der Waals surface area (Å²) in [7, 11) is 0. The summed E-state index contributed by atoms with van der Waals surface area (Å²) in [5.41, 5.74) is 3.83. The summed E-state index contributed by atoms with van der Waals surface area (Å²) in [4.78, 5) is 16.9. The average molecular weight is 420 g/mol. The fourth-order valence-electron chi connectivity index (χ4n) is 3.89. The van der Waals surface area contributed by atoms with Crippen molar-refractivity contribution in [2.75, 3.05) is 37.9 Å². The molecule has 0 N–H and O–H groups in total. The molecule has 0 atom stereocenters. The number of carbonyl (C=O) groups is 1. The van der Waals surface area contributed by atoms with Gasteiger partial charge in [0.2, 0.25) is 6.79 Å². The molecule has 9 heteroatoms. The number of amides is 1. The number of aryl methyl sites for hydroxylation is 1. The third kappa shape index (κ3) is 3.45. The molecule has 9 nitrogen and oxygen atoms in total. The number of rotatable bonds is 3. The van der Waals surface area contributed by atoms with Gasteiger partial charge < -0.3 is 19.3 Å². The van der Waals surface area contributed by atoms with E-state index in [2.05, 4.69) is 27.1 Å². The second kappa shape index (κ2) is 7.57. The fraction of sp³-hybridized carbons (Fsp3) is 0.364. The average Bonchev–Trinajstić information content (AvgIpc) is 3.38. The third-order valence-corrected chi connectivity index (χ3v) is 6.02. The molecule has 1 aromatic carbocycles. The zero-order valence-electron chi connectivity index (χ0n) is 17.8. The molecule has 2 aromatic heterocycles. The van der Waals surface area contributed by atoms with Crippen molar-refractivity contribution in [3.63, 3.8) is 0 Å². The molecule has 1 saturated heterocycles. The molecule has 160 valence electrons. The summed E-state index contributed by atoms with van der Waals surface area (Å²) in [6, 6.07) is 9.22.